The van der Waals surface area contributed by atoms with Gasteiger partial charge in [-0.1, -0.05) is 18.2 Å². The van der Waals surface area contributed by atoms with E-state index < -0.39 is 0 Å². The first kappa shape index (κ1) is 15.5. The Labute approximate surface area is 142 Å². The highest BCUT2D eigenvalue weighted by molar-refractivity contribution is 7.18. The summed E-state index contributed by atoms with van der Waals surface area (Å²) in [6.07, 6.45) is 3.15. The lowest BCUT2D eigenvalue weighted by atomic mass is 10.1. The topological polar surface area (TPSA) is 57.8 Å². The average molecular weight is 343 g/mol. The standard InChI is InChI=1S/C18H18FN3OS/c1-10(11-5-2-3-7-13(11)19)20-9-15-21-17(23)16-12-6-4-8-14(12)24-18(16)22-15/h2-3,5,7,10,20H,4,6,8-9H2,1H3,(H,21,22,23). The number of fused-ring (bicyclic) bond motifs is 3. The minimum Gasteiger partial charge on any atom is -0.309 e. The van der Waals surface area contributed by atoms with Gasteiger partial charge in [0.2, 0.25) is 0 Å². The van der Waals surface area contributed by atoms with E-state index in [4.69, 9.17) is 0 Å². The van der Waals surface area contributed by atoms with E-state index in [0.29, 0.717) is 17.9 Å². The number of aryl methyl sites for hydroxylation is 2. The van der Waals surface area contributed by atoms with Gasteiger partial charge in [-0.25, -0.2) is 9.37 Å². The minimum atomic E-state index is -0.232. The lowest BCUT2D eigenvalue weighted by Gasteiger charge is -2.14. The second-order valence-corrected chi connectivity index (χ2v) is 7.26. The van der Waals surface area contributed by atoms with Gasteiger partial charge in [-0.3, -0.25) is 4.79 Å². The third-order valence-corrected chi connectivity index (χ3v) is 5.76. The van der Waals surface area contributed by atoms with Gasteiger partial charge < -0.3 is 10.3 Å². The fourth-order valence-corrected chi connectivity index (χ4v) is 4.60. The van der Waals surface area contributed by atoms with Crippen molar-refractivity contribution in [2.24, 2.45) is 0 Å². The molecule has 0 bridgehead atoms. The van der Waals surface area contributed by atoms with E-state index in [-0.39, 0.29) is 17.4 Å². The zero-order chi connectivity index (χ0) is 16.7. The van der Waals surface area contributed by atoms with Gasteiger partial charge in [-0.05, 0) is 37.8 Å². The van der Waals surface area contributed by atoms with Gasteiger partial charge in [0.15, 0.2) is 0 Å². The summed E-state index contributed by atoms with van der Waals surface area (Å²) in [5.41, 5.74) is 1.73. The molecule has 0 fully saturated rings. The Balaban J connectivity index is 1.57. The van der Waals surface area contributed by atoms with Gasteiger partial charge in [0.25, 0.3) is 5.56 Å². The van der Waals surface area contributed by atoms with Crippen molar-refractivity contribution in [3.63, 3.8) is 0 Å². The summed E-state index contributed by atoms with van der Waals surface area (Å²) in [7, 11) is 0. The lowest BCUT2D eigenvalue weighted by Crippen LogP contribution is -2.22. The predicted molar refractivity (Wildman–Crippen MR) is 93.9 cm³/mol. The number of aromatic nitrogens is 2. The van der Waals surface area contributed by atoms with Gasteiger partial charge in [-0.15, -0.1) is 11.3 Å². The molecule has 1 aromatic carbocycles. The molecule has 0 radical (unpaired) electrons. The highest BCUT2D eigenvalue weighted by Crippen LogP contribution is 2.34. The third-order valence-electron chi connectivity index (χ3n) is 4.57. The fourth-order valence-electron chi connectivity index (χ4n) is 3.32. The number of H-pyrrole nitrogens is 1. The first-order valence-corrected chi connectivity index (χ1v) is 8.96. The second kappa shape index (κ2) is 6.11. The Bertz CT molecular complexity index is 963. The van der Waals surface area contributed by atoms with Crippen LogP contribution in [-0.2, 0) is 19.4 Å². The van der Waals surface area contributed by atoms with Crippen LogP contribution in [0.25, 0.3) is 10.2 Å². The van der Waals surface area contributed by atoms with Crippen LogP contribution in [0.3, 0.4) is 0 Å². The second-order valence-electron chi connectivity index (χ2n) is 6.17. The van der Waals surface area contributed by atoms with Crippen LogP contribution in [0.1, 0.15) is 41.2 Å². The van der Waals surface area contributed by atoms with Gasteiger partial charge in [0, 0.05) is 16.5 Å². The molecule has 124 valence electrons. The van der Waals surface area contributed by atoms with E-state index in [2.05, 4.69) is 15.3 Å². The number of hydrogen-bond acceptors (Lipinski definition) is 4. The van der Waals surface area contributed by atoms with Crippen LogP contribution in [-0.4, -0.2) is 9.97 Å². The lowest BCUT2D eigenvalue weighted by molar-refractivity contribution is 0.520. The molecule has 4 nitrogen and oxygen atoms in total. The molecule has 4 rings (SSSR count). The quantitative estimate of drug-likeness (QED) is 0.763. The summed E-state index contributed by atoms with van der Waals surface area (Å²) in [5.74, 6) is 0.361. The van der Waals surface area contributed by atoms with Crippen LogP contribution >= 0.6 is 11.3 Å². The van der Waals surface area contributed by atoms with Crippen LogP contribution < -0.4 is 10.9 Å². The van der Waals surface area contributed by atoms with E-state index in [1.165, 1.54) is 16.5 Å². The molecule has 0 amide bonds. The first-order valence-electron chi connectivity index (χ1n) is 8.14. The third kappa shape index (κ3) is 2.65. The number of halogens is 1. The van der Waals surface area contributed by atoms with Gasteiger partial charge in [0.05, 0.1) is 11.9 Å². The normalized spacial score (nSPS) is 14.9. The monoisotopic (exact) mass is 343 g/mol. The molecular formula is C18H18FN3OS. The van der Waals surface area contributed by atoms with Crippen LogP contribution in [0.2, 0.25) is 0 Å². The Hall–Kier alpha value is -2.05. The minimum absolute atomic E-state index is 0.0604. The maximum atomic E-state index is 13.8. The van der Waals surface area contributed by atoms with Crippen LogP contribution in [0, 0.1) is 5.82 Å². The number of nitrogens with one attached hydrogen (secondary N) is 2. The Kier molecular flexibility index (Phi) is 3.94. The fraction of sp³-hybridized carbons (Fsp3) is 0.333. The van der Waals surface area contributed by atoms with Crippen LogP contribution in [0.5, 0.6) is 0 Å². The van der Waals surface area contributed by atoms with Crippen molar-refractivity contribution in [1.82, 2.24) is 15.3 Å². The maximum Gasteiger partial charge on any atom is 0.259 e. The maximum absolute atomic E-state index is 13.8. The largest absolute Gasteiger partial charge is 0.309 e. The predicted octanol–water partition coefficient (Wildman–Crippen LogP) is 3.46. The smallest absolute Gasteiger partial charge is 0.259 e. The van der Waals surface area contributed by atoms with Crippen molar-refractivity contribution in [1.29, 1.82) is 0 Å². The van der Waals surface area contributed by atoms with Crippen molar-refractivity contribution in [2.45, 2.75) is 38.8 Å². The van der Waals surface area contributed by atoms with E-state index >= 15 is 0 Å². The molecule has 0 spiro atoms. The average Bonchev–Trinajstić information content (AvgIpc) is 3.13. The molecule has 24 heavy (non-hydrogen) atoms. The molecule has 2 aromatic heterocycles. The highest BCUT2D eigenvalue weighted by Gasteiger charge is 2.21. The molecule has 0 aliphatic heterocycles. The van der Waals surface area contributed by atoms with Crippen molar-refractivity contribution in [3.05, 3.63) is 62.3 Å². The summed E-state index contributed by atoms with van der Waals surface area (Å²) < 4.78 is 13.8. The zero-order valence-corrected chi connectivity index (χ0v) is 14.2. The first-order chi connectivity index (χ1) is 11.6. The number of hydrogen-bond donors (Lipinski definition) is 2. The van der Waals surface area contributed by atoms with Crippen molar-refractivity contribution >= 4 is 21.6 Å². The van der Waals surface area contributed by atoms with Gasteiger partial charge in [-0.2, -0.15) is 0 Å². The molecule has 0 saturated carbocycles. The number of benzene rings is 1. The van der Waals surface area contributed by atoms with Crippen LogP contribution in [0.15, 0.2) is 29.1 Å². The number of thiophene rings is 1. The highest BCUT2D eigenvalue weighted by atomic mass is 32.1. The Morgan fingerprint density at radius 1 is 1.38 bits per heavy atom. The molecule has 2 N–H and O–H groups in total. The molecule has 3 aromatic rings. The Morgan fingerprint density at radius 3 is 3.04 bits per heavy atom. The molecule has 1 atom stereocenters. The SMILES string of the molecule is CC(NCc1nc2sc3c(c2c(=O)[nH]1)CCC3)c1ccccc1F. The van der Waals surface area contributed by atoms with E-state index in [0.717, 1.165) is 29.5 Å². The van der Waals surface area contributed by atoms with Crippen LogP contribution in [0.4, 0.5) is 4.39 Å². The number of rotatable bonds is 4. The van der Waals surface area contributed by atoms with Crippen molar-refractivity contribution < 1.29 is 4.39 Å². The van der Waals surface area contributed by atoms with Crippen molar-refractivity contribution in [2.75, 3.05) is 0 Å². The van der Waals surface area contributed by atoms with Gasteiger partial charge >= 0.3 is 0 Å². The van der Waals surface area contributed by atoms with Crippen molar-refractivity contribution in [3.8, 4) is 0 Å². The Morgan fingerprint density at radius 2 is 2.21 bits per heavy atom. The van der Waals surface area contributed by atoms with E-state index in [1.807, 2.05) is 13.0 Å². The molecule has 1 aliphatic rings. The molecule has 1 unspecified atom stereocenters. The summed E-state index contributed by atoms with van der Waals surface area (Å²) in [5, 5.41) is 3.99. The molecular weight excluding hydrogens is 325 g/mol. The summed E-state index contributed by atoms with van der Waals surface area (Å²) >= 11 is 1.63. The summed E-state index contributed by atoms with van der Waals surface area (Å²) in [6.45, 7) is 2.29. The summed E-state index contributed by atoms with van der Waals surface area (Å²) in [4.78, 5) is 22.0. The molecule has 1 aliphatic carbocycles. The van der Waals surface area contributed by atoms with E-state index in [9.17, 15) is 9.18 Å². The molecule has 6 heteroatoms. The van der Waals surface area contributed by atoms with E-state index in [1.54, 1.807) is 23.5 Å². The molecule has 2 heterocycles. The molecule has 0 saturated heterocycles. The number of nitrogens with zero attached hydrogens (tertiary/aromatic N) is 1. The summed E-state index contributed by atoms with van der Waals surface area (Å²) in [6, 6.07) is 6.54. The number of aromatic amines is 1. The van der Waals surface area contributed by atoms with Gasteiger partial charge in [0.1, 0.15) is 16.5 Å². The zero-order valence-electron chi connectivity index (χ0n) is 13.4.